The number of thiophene rings is 1. The van der Waals surface area contributed by atoms with E-state index in [1.807, 2.05) is 5.38 Å². The van der Waals surface area contributed by atoms with Crippen molar-refractivity contribution in [3.05, 3.63) is 46.2 Å². The van der Waals surface area contributed by atoms with E-state index in [1.165, 1.54) is 18.4 Å². The quantitative estimate of drug-likeness (QED) is 0.876. The highest BCUT2D eigenvalue weighted by atomic mass is 32.2. The molecule has 0 aliphatic carbocycles. The SMILES string of the molecule is CC(c1cccs1)N(C)S(=O)(=O)c1cc(N)cc(F)c1F. The van der Waals surface area contributed by atoms with Crippen molar-refractivity contribution in [3.8, 4) is 0 Å². The Labute approximate surface area is 125 Å². The molecule has 0 radical (unpaired) electrons. The average molecular weight is 332 g/mol. The lowest BCUT2D eigenvalue weighted by Crippen LogP contribution is -2.30. The Hall–Kier alpha value is -1.51. The van der Waals surface area contributed by atoms with E-state index >= 15 is 0 Å². The van der Waals surface area contributed by atoms with Gasteiger partial charge in [-0.3, -0.25) is 0 Å². The molecule has 21 heavy (non-hydrogen) atoms. The molecule has 8 heteroatoms. The topological polar surface area (TPSA) is 63.4 Å². The second-order valence-corrected chi connectivity index (χ2v) is 7.47. The molecule has 114 valence electrons. The van der Waals surface area contributed by atoms with Crippen LogP contribution in [0.2, 0.25) is 0 Å². The molecule has 1 aromatic carbocycles. The van der Waals surface area contributed by atoms with Crippen LogP contribution in [0.3, 0.4) is 0 Å². The highest BCUT2D eigenvalue weighted by molar-refractivity contribution is 7.89. The average Bonchev–Trinajstić information content (AvgIpc) is 2.94. The zero-order chi connectivity index (χ0) is 15.8. The molecule has 0 amide bonds. The Morgan fingerprint density at radius 3 is 2.57 bits per heavy atom. The molecule has 0 saturated heterocycles. The zero-order valence-electron chi connectivity index (χ0n) is 11.4. The van der Waals surface area contributed by atoms with Crippen LogP contribution in [0, 0.1) is 11.6 Å². The molecular weight excluding hydrogens is 318 g/mol. The maximum atomic E-state index is 13.8. The molecule has 0 aliphatic rings. The molecule has 1 heterocycles. The summed E-state index contributed by atoms with van der Waals surface area (Å²) in [6.07, 6.45) is 0. The number of nitrogens with two attached hydrogens (primary N) is 1. The minimum Gasteiger partial charge on any atom is -0.399 e. The first-order chi connectivity index (χ1) is 9.75. The van der Waals surface area contributed by atoms with Gasteiger partial charge >= 0.3 is 0 Å². The van der Waals surface area contributed by atoms with Crippen molar-refractivity contribution in [2.24, 2.45) is 0 Å². The number of sulfonamides is 1. The molecule has 0 spiro atoms. The number of benzene rings is 1. The van der Waals surface area contributed by atoms with Gasteiger partial charge in [-0.05, 0) is 30.5 Å². The number of hydrogen-bond acceptors (Lipinski definition) is 4. The lowest BCUT2D eigenvalue weighted by molar-refractivity contribution is 0.396. The lowest BCUT2D eigenvalue weighted by Gasteiger charge is -2.23. The van der Waals surface area contributed by atoms with Gasteiger partial charge < -0.3 is 5.73 Å². The number of nitrogens with zero attached hydrogens (tertiary/aromatic N) is 1. The Morgan fingerprint density at radius 2 is 2.00 bits per heavy atom. The van der Waals surface area contributed by atoms with Crippen molar-refractivity contribution in [2.75, 3.05) is 12.8 Å². The summed E-state index contributed by atoms with van der Waals surface area (Å²) in [6.45, 7) is 1.67. The number of nitrogen functional groups attached to an aromatic ring is 1. The van der Waals surface area contributed by atoms with Crippen molar-refractivity contribution in [3.63, 3.8) is 0 Å². The summed E-state index contributed by atoms with van der Waals surface area (Å²) < 4.78 is 53.1. The Bertz CT molecular complexity index is 746. The third-order valence-electron chi connectivity index (χ3n) is 3.17. The van der Waals surface area contributed by atoms with Crippen LogP contribution in [0.5, 0.6) is 0 Å². The molecule has 2 rings (SSSR count). The van der Waals surface area contributed by atoms with E-state index in [2.05, 4.69) is 0 Å². The maximum Gasteiger partial charge on any atom is 0.246 e. The molecule has 2 aromatic rings. The Kier molecular flexibility index (Phi) is 4.31. The van der Waals surface area contributed by atoms with Gasteiger partial charge in [0.15, 0.2) is 11.6 Å². The van der Waals surface area contributed by atoms with Gasteiger partial charge in [-0.25, -0.2) is 17.2 Å². The summed E-state index contributed by atoms with van der Waals surface area (Å²) in [7, 11) is -2.88. The van der Waals surface area contributed by atoms with Crippen LogP contribution in [-0.4, -0.2) is 19.8 Å². The van der Waals surface area contributed by atoms with Gasteiger partial charge in [-0.2, -0.15) is 4.31 Å². The van der Waals surface area contributed by atoms with Gasteiger partial charge in [0.2, 0.25) is 10.0 Å². The molecule has 0 saturated carbocycles. The normalized spacial score (nSPS) is 13.6. The minimum absolute atomic E-state index is 0.148. The number of anilines is 1. The molecule has 1 atom stereocenters. The van der Waals surface area contributed by atoms with Gasteiger partial charge in [0.25, 0.3) is 0 Å². The van der Waals surface area contributed by atoms with E-state index in [0.29, 0.717) is 0 Å². The van der Waals surface area contributed by atoms with Crippen LogP contribution in [-0.2, 0) is 10.0 Å². The van der Waals surface area contributed by atoms with Crippen molar-refractivity contribution in [2.45, 2.75) is 17.9 Å². The second kappa shape index (κ2) is 5.70. The van der Waals surface area contributed by atoms with E-state index < -0.39 is 32.6 Å². The van der Waals surface area contributed by atoms with Crippen molar-refractivity contribution in [1.29, 1.82) is 0 Å². The summed E-state index contributed by atoms with van der Waals surface area (Å²) in [5.41, 5.74) is 5.26. The fourth-order valence-corrected chi connectivity index (χ4v) is 4.19. The van der Waals surface area contributed by atoms with Gasteiger partial charge in [0.1, 0.15) is 4.90 Å². The molecule has 0 fully saturated rings. The van der Waals surface area contributed by atoms with Crippen LogP contribution < -0.4 is 5.73 Å². The first-order valence-corrected chi connectivity index (χ1v) is 8.33. The van der Waals surface area contributed by atoms with Crippen molar-refractivity contribution in [1.82, 2.24) is 4.31 Å². The number of halogens is 2. The zero-order valence-corrected chi connectivity index (χ0v) is 13.0. The second-order valence-electron chi connectivity index (χ2n) is 4.53. The number of rotatable bonds is 4. The highest BCUT2D eigenvalue weighted by Crippen LogP contribution is 2.30. The maximum absolute atomic E-state index is 13.8. The van der Waals surface area contributed by atoms with Gasteiger partial charge in [-0.1, -0.05) is 6.07 Å². The van der Waals surface area contributed by atoms with E-state index in [0.717, 1.165) is 21.3 Å². The van der Waals surface area contributed by atoms with Crippen LogP contribution >= 0.6 is 11.3 Å². The van der Waals surface area contributed by atoms with E-state index in [9.17, 15) is 17.2 Å². The number of hydrogen-bond donors (Lipinski definition) is 1. The van der Waals surface area contributed by atoms with Gasteiger partial charge in [-0.15, -0.1) is 11.3 Å². The summed E-state index contributed by atoms with van der Waals surface area (Å²) in [6, 6.07) is 4.73. The van der Waals surface area contributed by atoms with Crippen LogP contribution in [0.25, 0.3) is 0 Å². The molecule has 1 aromatic heterocycles. The Morgan fingerprint density at radius 1 is 1.33 bits per heavy atom. The first-order valence-electron chi connectivity index (χ1n) is 6.01. The van der Waals surface area contributed by atoms with Crippen molar-refractivity contribution < 1.29 is 17.2 Å². The molecule has 4 nitrogen and oxygen atoms in total. The Balaban J connectivity index is 2.47. The predicted molar refractivity (Wildman–Crippen MR) is 78.5 cm³/mol. The summed E-state index contributed by atoms with van der Waals surface area (Å²) >= 11 is 1.38. The fourth-order valence-electron chi connectivity index (χ4n) is 1.84. The first kappa shape index (κ1) is 15.9. The minimum atomic E-state index is -4.19. The molecule has 1 unspecified atom stereocenters. The predicted octanol–water partition coefficient (Wildman–Crippen LogP) is 2.99. The summed E-state index contributed by atoms with van der Waals surface area (Å²) in [4.78, 5) is 0.0387. The molecular formula is C13H14F2N2O2S2. The summed E-state index contributed by atoms with van der Waals surface area (Å²) in [5, 5.41) is 1.81. The summed E-state index contributed by atoms with van der Waals surface area (Å²) in [5.74, 6) is -2.71. The van der Waals surface area contributed by atoms with Crippen molar-refractivity contribution >= 4 is 27.0 Å². The lowest BCUT2D eigenvalue weighted by atomic mass is 10.3. The molecule has 2 N–H and O–H groups in total. The molecule has 0 aliphatic heterocycles. The fraction of sp³-hybridized carbons (Fsp3) is 0.231. The smallest absolute Gasteiger partial charge is 0.246 e. The van der Waals surface area contributed by atoms with Crippen LogP contribution in [0.1, 0.15) is 17.8 Å². The monoisotopic (exact) mass is 332 g/mol. The molecule has 0 bridgehead atoms. The standard InChI is InChI=1S/C13H14F2N2O2S2/c1-8(11-4-3-5-20-11)17(2)21(18,19)12-7-9(16)6-10(14)13(12)15/h3-8H,16H2,1-2H3. The van der Waals surface area contributed by atoms with E-state index in [4.69, 9.17) is 5.73 Å². The van der Waals surface area contributed by atoms with Crippen LogP contribution in [0.15, 0.2) is 34.5 Å². The van der Waals surface area contributed by atoms with Gasteiger partial charge in [0.05, 0.1) is 6.04 Å². The third-order valence-corrected chi connectivity index (χ3v) is 6.14. The highest BCUT2D eigenvalue weighted by Gasteiger charge is 2.31. The van der Waals surface area contributed by atoms with E-state index in [1.54, 1.807) is 19.1 Å². The van der Waals surface area contributed by atoms with Crippen LogP contribution in [0.4, 0.5) is 14.5 Å². The van der Waals surface area contributed by atoms with Gasteiger partial charge in [0, 0.05) is 17.6 Å². The third kappa shape index (κ3) is 2.92. The van der Waals surface area contributed by atoms with E-state index in [-0.39, 0.29) is 5.69 Å². The largest absolute Gasteiger partial charge is 0.399 e.